The molecule has 0 aliphatic carbocycles. The molecule has 0 aromatic carbocycles. The number of thiophene rings is 1. The first-order valence-electron chi connectivity index (χ1n) is 4.24. The van der Waals surface area contributed by atoms with E-state index in [4.69, 9.17) is 11.6 Å². The van der Waals surface area contributed by atoms with Crippen LogP contribution >= 0.6 is 22.9 Å². The lowest BCUT2D eigenvalue weighted by molar-refractivity contribution is 1.06. The van der Waals surface area contributed by atoms with Gasteiger partial charge in [-0.2, -0.15) is 0 Å². The van der Waals surface area contributed by atoms with Gasteiger partial charge in [-0.25, -0.2) is 9.97 Å². The Labute approximate surface area is 91.6 Å². The Balaban J connectivity index is 2.48. The molecule has 0 fully saturated rings. The van der Waals surface area contributed by atoms with E-state index in [1.54, 1.807) is 11.3 Å². The zero-order valence-corrected chi connectivity index (χ0v) is 9.27. The molecule has 0 spiro atoms. The molecule has 0 atom stereocenters. The molecule has 0 bridgehead atoms. The Bertz CT molecular complexity index is 426. The van der Waals surface area contributed by atoms with E-state index in [-0.39, 0.29) is 0 Å². The molecule has 72 valence electrons. The van der Waals surface area contributed by atoms with Crippen LogP contribution in [0.5, 0.6) is 0 Å². The summed E-state index contributed by atoms with van der Waals surface area (Å²) in [6.07, 6.45) is 0. The van der Waals surface area contributed by atoms with Crippen LogP contribution in [0.2, 0.25) is 0 Å². The summed E-state index contributed by atoms with van der Waals surface area (Å²) in [5.41, 5.74) is 1.83. The Hall–Kier alpha value is -0.930. The van der Waals surface area contributed by atoms with Gasteiger partial charge in [-0.15, -0.1) is 22.9 Å². The van der Waals surface area contributed by atoms with Crippen molar-refractivity contribution in [1.82, 2.24) is 9.97 Å². The fourth-order valence-electron chi connectivity index (χ4n) is 1.22. The van der Waals surface area contributed by atoms with Crippen molar-refractivity contribution in [2.45, 2.75) is 12.8 Å². The average molecular weight is 225 g/mol. The third-order valence-corrected chi connectivity index (χ3v) is 2.93. The number of hydrogen-bond donors (Lipinski definition) is 0. The van der Waals surface area contributed by atoms with Crippen LogP contribution in [0, 0.1) is 6.92 Å². The van der Waals surface area contributed by atoms with Gasteiger partial charge in [-0.3, -0.25) is 0 Å². The molecule has 0 amide bonds. The van der Waals surface area contributed by atoms with Crippen molar-refractivity contribution in [3.05, 3.63) is 35.0 Å². The Morgan fingerprint density at radius 1 is 1.43 bits per heavy atom. The minimum atomic E-state index is 0.432. The van der Waals surface area contributed by atoms with Gasteiger partial charge in [0, 0.05) is 5.69 Å². The molecule has 4 heteroatoms. The van der Waals surface area contributed by atoms with E-state index in [0.29, 0.717) is 5.88 Å². The Kier molecular flexibility index (Phi) is 2.79. The molecule has 0 unspecified atom stereocenters. The fraction of sp³-hybridized carbons (Fsp3) is 0.200. The lowest BCUT2D eigenvalue weighted by Crippen LogP contribution is -1.94. The van der Waals surface area contributed by atoms with Crippen molar-refractivity contribution in [3.63, 3.8) is 0 Å². The SMILES string of the molecule is Cc1cc(CCl)nc(-c2cccs2)n1. The van der Waals surface area contributed by atoms with Gasteiger partial charge < -0.3 is 0 Å². The van der Waals surface area contributed by atoms with Crippen LogP contribution in [0.3, 0.4) is 0 Å². The normalized spacial score (nSPS) is 10.4. The van der Waals surface area contributed by atoms with E-state index in [2.05, 4.69) is 9.97 Å². The quantitative estimate of drug-likeness (QED) is 0.732. The number of halogens is 1. The molecule has 2 heterocycles. The molecule has 2 rings (SSSR count). The number of aryl methyl sites for hydroxylation is 1. The van der Waals surface area contributed by atoms with Crippen molar-refractivity contribution in [2.24, 2.45) is 0 Å². The molecular formula is C10H9ClN2S. The second-order valence-corrected chi connectivity index (χ2v) is 4.15. The van der Waals surface area contributed by atoms with Crippen molar-refractivity contribution < 1.29 is 0 Å². The number of nitrogens with zero attached hydrogens (tertiary/aromatic N) is 2. The summed E-state index contributed by atoms with van der Waals surface area (Å²) in [6.45, 7) is 1.95. The van der Waals surface area contributed by atoms with Gasteiger partial charge in [-0.1, -0.05) is 6.07 Å². The Morgan fingerprint density at radius 3 is 2.93 bits per heavy atom. The lowest BCUT2D eigenvalue weighted by atomic mass is 10.3. The number of aromatic nitrogens is 2. The second-order valence-electron chi connectivity index (χ2n) is 2.94. The molecule has 0 aliphatic rings. The van der Waals surface area contributed by atoms with E-state index >= 15 is 0 Å². The first kappa shape index (κ1) is 9.62. The smallest absolute Gasteiger partial charge is 0.169 e. The van der Waals surface area contributed by atoms with E-state index in [0.717, 1.165) is 22.1 Å². The average Bonchev–Trinajstić information content (AvgIpc) is 2.69. The summed E-state index contributed by atoms with van der Waals surface area (Å²) in [4.78, 5) is 9.81. The monoisotopic (exact) mass is 224 g/mol. The maximum absolute atomic E-state index is 5.75. The van der Waals surface area contributed by atoms with Crippen LogP contribution in [0.15, 0.2) is 23.6 Å². The summed E-state index contributed by atoms with van der Waals surface area (Å²) in [7, 11) is 0. The lowest BCUT2D eigenvalue weighted by Gasteiger charge is -2.01. The number of rotatable bonds is 2. The molecule has 0 N–H and O–H groups in total. The fourth-order valence-corrected chi connectivity index (χ4v) is 2.01. The van der Waals surface area contributed by atoms with Crippen LogP contribution in [0.4, 0.5) is 0 Å². The van der Waals surface area contributed by atoms with Gasteiger partial charge in [0.05, 0.1) is 16.5 Å². The van der Waals surface area contributed by atoms with Gasteiger partial charge in [-0.05, 0) is 24.4 Å². The van der Waals surface area contributed by atoms with Crippen molar-refractivity contribution in [3.8, 4) is 10.7 Å². The highest BCUT2D eigenvalue weighted by Gasteiger charge is 2.04. The molecule has 0 aliphatic heterocycles. The summed E-state index contributed by atoms with van der Waals surface area (Å²) in [6, 6.07) is 5.91. The maximum atomic E-state index is 5.75. The van der Waals surface area contributed by atoms with Crippen LogP contribution in [0.25, 0.3) is 10.7 Å². The predicted molar refractivity (Wildman–Crippen MR) is 59.6 cm³/mol. The van der Waals surface area contributed by atoms with Crippen LogP contribution in [-0.2, 0) is 5.88 Å². The molecule has 0 radical (unpaired) electrons. The zero-order chi connectivity index (χ0) is 9.97. The molecule has 0 saturated heterocycles. The number of alkyl halides is 1. The summed E-state index contributed by atoms with van der Waals surface area (Å²) >= 11 is 7.38. The van der Waals surface area contributed by atoms with Gasteiger partial charge in [0.15, 0.2) is 5.82 Å². The molecule has 2 aromatic heterocycles. The highest BCUT2D eigenvalue weighted by Crippen LogP contribution is 2.21. The van der Waals surface area contributed by atoms with Gasteiger partial charge in [0.1, 0.15) is 0 Å². The van der Waals surface area contributed by atoms with Gasteiger partial charge in [0.2, 0.25) is 0 Å². The summed E-state index contributed by atoms with van der Waals surface area (Å²) in [5, 5.41) is 2.02. The third kappa shape index (κ3) is 1.94. The zero-order valence-electron chi connectivity index (χ0n) is 7.70. The van der Waals surface area contributed by atoms with Crippen molar-refractivity contribution >= 4 is 22.9 Å². The standard InChI is InChI=1S/C10H9ClN2S/c1-7-5-8(6-11)13-10(12-7)9-3-2-4-14-9/h2-5H,6H2,1H3. The molecule has 0 saturated carbocycles. The van der Waals surface area contributed by atoms with Crippen LogP contribution in [0.1, 0.15) is 11.4 Å². The van der Waals surface area contributed by atoms with E-state index < -0.39 is 0 Å². The summed E-state index contributed by atoms with van der Waals surface area (Å²) < 4.78 is 0. The molecule has 2 aromatic rings. The highest BCUT2D eigenvalue weighted by molar-refractivity contribution is 7.13. The molecular weight excluding hydrogens is 216 g/mol. The van der Waals surface area contributed by atoms with Crippen LogP contribution < -0.4 is 0 Å². The largest absolute Gasteiger partial charge is 0.233 e. The van der Waals surface area contributed by atoms with Crippen LogP contribution in [-0.4, -0.2) is 9.97 Å². The van der Waals surface area contributed by atoms with E-state index in [9.17, 15) is 0 Å². The second kappa shape index (κ2) is 4.07. The van der Waals surface area contributed by atoms with Gasteiger partial charge >= 0.3 is 0 Å². The topological polar surface area (TPSA) is 25.8 Å². The molecule has 14 heavy (non-hydrogen) atoms. The summed E-state index contributed by atoms with van der Waals surface area (Å²) in [5.74, 6) is 1.21. The minimum absolute atomic E-state index is 0.432. The highest BCUT2D eigenvalue weighted by atomic mass is 35.5. The van der Waals surface area contributed by atoms with Crippen molar-refractivity contribution in [2.75, 3.05) is 0 Å². The first-order chi connectivity index (χ1) is 6.79. The predicted octanol–water partition coefficient (Wildman–Crippen LogP) is 3.25. The van der Waals surface area contributed by atoms with Gasteiger partial charge in [0.25, 0.3) is 0 Å². The van der Waals surface area contributed by atoms with E-state index in [1.165, 1.54) is 0 Å². The molecule has 2 nitrogen and oxygen atoms in total. The third-order valence-electron chi connectivity index (χ3n) is 1.79. The van der Waals surface area contributed by atoms with Crippen molar-refractivity contribution in [1.29, 1.82) is 0 Å². The Morgan fingerprint density at radius 2 is 2.29 bits per heavy atom. The number of hydrogen-bond acceptors (Lipinski definition) is 3. The van der Waals surface area contributed by atoms with E-state index in [1.807, 2.05) is 30.5 Å². The maximum Gasteiger partial charge on any atom is 0.169 e. The minimum Gasteiger partial charge on any atom is -0.233 e. The first-order valence-corrected chi connectivity index (χ1v) is 5.65.